The van der Waals surface area contributed by atoms with E-state index in [1.165, 1.54) is 11.3 Å². The molecule has 0 spiro atoms. The summed E-state index contributed by atoms with van der Waals surface area (Å²) in [6.45, 7) is 1.86. The van der Waals surface area contributed by atoms with Crippen LogP contribution in [-0.4, -0.2) is 11.9 Å². The Morgan fingerprint density at radius 1 is 1.17 bits per heavy atom. The van der Waals surface area contributed by atoms with Gasteiger partial charge in [-0.05, 0) is 66.4 Å². The van der Waals surface area contributed by atoms with Gasteiger partial charge in [0.25, 0.3) is 0 Å². The van der Waals surface area contributed by atoms with E-state index in [0.29, 0.717) is 22.7 Å². The summed E-state index contributed by atoms with van der Waals surface area (Å²) in [6.07, 6.45) is 0.0619. The van der Waals surface area contributed by atoms with Crippen LogP contribution in [0.3, 0.4) is 0 Å². The highest BCUT2D eigenvalue weighted by Crippen LogP contribution is 2.27. The number of nitriles is 1. The maximum atomic E-state index is 12.5. The van der Waals surface area contributed by atoms with Gasteiger partial charge >= 0.3 is 6.03 Å². The monoisotopic (exact) mass is 420 g/mol. The molecule has 1 heterocycles. The number of hydrogen-bond acceptors (Lipinski definition) is 5. The van der Waals surface area contributed by atoms with Gasteiger partial charge < -0.3 is 21.1 Å². The third kappa shape index (κ3) is 5.59. The van der Waals surface area contributed by atoms with Gasteiger partial charge in [-0.3, -0.25) is 4.79 Å². The molecule has 152 valence electrons. The number of hydrogen-bond donors (Lipinski definition) is 3. The van der Waals surface area contributed by atoms with Crippen LogP contribution in [0.1, 0.15) is 28.5 Å². The number of urea groups is 1. The molecule has 0 aliphatic carbocycles. The Hall–Kier alpha value is -3.83. The number of aryl methyl sites for hydroxylation is 1. The summed E-state index contributed by atoms with van der Waals surface area (Å²) in [5, 5.41) is 16.2. The molecule has 7 nitrogen and oxygen atoms in total. The Kier molecular flexibility index (Phi) is 6.67. The summed E-state index contributed by atoms with van der Waals surface area (Å²) in [5.74, 6) is 0.981. The van der Waals surface area contributed by atoms with Crippen LogP contribution >= 0.6 is 11.3 Å². The molecule has 3 rings (SSSR count). The van der Waals surface area contributed by atoms with Crippen LogP contribution in [-0.2, 0) is 4.79 Å². The fourth-order valence-electron chi connectivity index (χ4n) is 2.84. The van der Waals surface area contributed by atoms with Crippen molar-refractivity contribution in [1.82, 2.24) is 5.32 Å². The Morgan fingerprint density at radius 3 is 2.50 bits per heavy atom. The maximum absolute atomic E-state index is 12.5. The third-order valence-electron chi connectivity index (χ3n) is 4.28. The van der Waals surface area contributed by atoms with E-state index in [1.807, 2.05) is 30.5 Å². The Bertz CT molecular complexity index is 1070. The fraction of sp³-hybridized carbons (Fsp3) is 0.136. The van der Waals surface area contributed by atoms with Crippen LogP contribution in [0.15, 0.2) is 60.0 Å². The van der Waals surface area contributed by atoms with Crippen LogP contribution in [0.5, 0.6) is 11.5 Å². The summed E-state index contributed by atoms with van der Waals surface area (Å²) < 4.78 is 5.79. The van der Waals surface area contributed by atoms with E-state index in [0.717, 1.165) is 10.4 Å². The number of nitrogens with two attached hydrogens (primary N) is 1. The zero-order valence-corrected chi connectivity index (χ0v) is 17.0. The first-order chi connectivity index (χ1) is 14.4. The zero-order chi connectivity index (χ0) is 21.5. The van der Waals surface area contributed by atoms with Gasteiger partial charge in [-0.1, -0.05) is 6.07 Å². The molecule has 0 saturated carbocycles. The van der Waals surface area contributed by atoms with E-state index in [1.54, 1.807) is 36.4 Å². The maximum Gasteiger partial charge on any atom is 0.312 e. The minimum Gasteiger partial charge on any atom is -0.457 e. The van der Waals surface area contributed by atoms with Gasteiger partial charge in [0.15, 0.2) is 0 Å². The van der Waals surface area contributed by atoms with Crippen LogP contribution in [0.25, 0.3) is 0 Å². The van der Waals surface area contributed by atoms with Crippen LogP contribution in [0.2, 0.25) is 0 Å². The molecule has 8 heteroatoms. The van der Waals surface area contributed by atoms with Crippen LogP contribution < -0.4 is 21.1 Å². The average molecular weight is 420 g/mol. The predicted molar refractivity (Wildman–Crippen MR) is 115 cm³/mol. The highest BCUT2D eigenvalue weighted by molar-refractivity contribution is 7.10. The molecule has 2 aromatic carbocycles. The number of anilines is 1. The van der Waals surface area contributed by atoms with Crippen molar-refractivity contribution in [3.05, 3.63) is 76.0 Å². The van der Waals surface area contributed by atoms with Crippen molar-refractivity contribution in [2.75, 3.05) is 5.32 Å². The molecule has 30 heavy (non-hydrogen) atoms. The van der Waals surface area contributed by atoms with Crippen molar-refractivity contribution in [2.24, 2.45) is 5.73 Å². The third-order valence-corrected chi connectivity index (χ3v) is 5.27. The molecule has 3 amide bonds. The first-order valence-electron chi connectivity index (χ1n) is 9.12. The number of carbonyl (C=O) groups excluding carboxylic acids is 2. The molecule has 1 atom stereocenters. The number of benzene rings is 2. The molecule has 0 fully saturated rings. The summed E-state index contributed by atoms with van der Waals surface area (Å²) in [6, 6.07) is 16.7. The van der Waals surface area contributed by atoms with Crippen molar-refractivity contribution < 1.29 is 14.3 Å². The highest BCUT2D eigenvalue weighted by Gasteiger charge is 2.19. The number of rotatable bonds is 7. The van der Waals surface area contributed by atoms with Crippen molar-refractivity contribution in [3.8, 4) is 17.6 Å². The van der Waals surface area contributed by atoms with Gasteiger partial charge in [0.2, 0.25) is 5.91 Å². The van der Waals surface area contributed by atoms with E-state index in [9.17, 15) is 9.59 Å². The number of nitrogens with one attached hydrogen (secondary N) is 2. The number of amides is 3. The van der Waals surface area contributed by atoms with E-state index in [2.05, 4.69) is 16.7 Å². The second-order valence-corrected chi connectivity index (χ2v) is 7.52. The molecule has 1 unspecified atom stereocenters. The molecular weight excluding hydrogens is 400 g/mol. The first kappa shape index (κ1) is 20.9. The Balaban J connectivity index is 1.65. The summed E-state index contributed by atoms with van der Waals surface area (Å²) in [4.78, 5) is 24.7. The quantitative estimate of drug-likeness (QED) is 0.523. The molecular formula is C22H20N4O3S. The van der Waals surface area contributed by atoms with Crippen molar-refractivity contribution in [1.29, 1.82) is 5.26 Å². The lowest BCUT2D eigenvalue weighted by molar-refractivity contribution is -0.116. The van der Waals surface area contributed by atoms with Crippen molar-refractivity contribution in [2.45, 2.75) is 19.4 Å². The molecule has 1 aromatic heterocycles. The highest BCUT2D eigenvalue weighted by atomic mass is 32.1. The van der Waals surface area contributed by atoms with E-state index >= 15 is 0 Å². The molecule has 0 bridgehead atoms. The van der Waals surface area contributed by atoms with E-state index in [-0.39, 0.29) is 12.3 Å². The molecule has 0 saturated heterocycles. The number of thiophene rings is 1. The van der Waals surface area contributed by atoms with Crippen molar-refractivity contribution >= 4 is 29.0 Å². The topological polar surface area (TPSA) is 117 Å². The Morgan fingerprint density at radius 2 is 1.90 bits per heavy atom. The van der Waals surface area contributed by atoms with Gasteiger partial charge in [-0.15, -0.1) is 11.3 Å². The summed E-state index contributed by atoms with van der Waals surface area (Å²) >= 11 is 1.44. The van der Waals surface area contributed by atoms with Crippen LogP contribution in [0, 0.1) is 18.3 Å². The van der Waals surface area contributed by atoms with Crippen LogP contribution in [0.4, 0.5) is 10.5 Å². The number of ether oxygens (including phenoxy) is 1. The SMILES string of the molecule is Cc1cc(Oc2ccc(C#N)cc2)ccc1NC(=O)CC(NC(N)=O)c1cccs1. The molecule has 4 N–H and O–H groups in total. The molecule has 3 aromatic rings. The summed E-state index contributed by atoms with van der Waals surface area (Å²) in [7, 11) is 0. The van der Waals surface area contributed by atoms with Gasteiger partial charge in [-0.25, -0.2) is 4.79 Å². The molecule has 0 aliphatic heterocycles. The number of primary amides is 1. The standard InChI is InChI=1S/C22H20N4O3S/c1-14-11-17(29-16-6-4-15(13-23)5-7-16)8-9-18(14)25-21(27)12-19(26-22(24)28)20-3-2-10-30-20/h2-11,19H,12H2,1H3,(H,25,27)(H3,24,26,28). The molecule has 0 radical (unpaired) electrons. The smallest absolute Gasteiger partial charge is 0.312 e. The second-order valence-electron chi connectivity index (χ2n) is 6.54. The van der Waals surface area contributed by atoms with Gasteiger partial charge in [-0.2, -0.15) is 5.26 Å². The van der Waals surface area contributed by atoms with Crippen molar-refractivity contribution in [3.63, 3.8) is 0 Å². The first-order valence-corrected chi connectivity index (χ1v) is 10.0. The second kappa shape index (κ2) is 9.58. The number of carbonyl (C=O) groups is 2. The summed E-state index contributed by atoms with van der Waals surface area (Å²) in [5.41, 5.74) is 7.27. The van der Waals surface area contributed by atoms with E-state index in [4.69, 9.17) is 15.7 Å². The van der Waals surface area contributed by atoms with Gasteiger partial charge in [0.05, 0.1) is 24.1 Å². The lowest BCUT2D eigenvalue weighted by Gasteiger charge is -2.17. The number of nitrogens with zero attached hydrogens (tertiary/aromatic N) is 1. The zero-order valence-electron chi connectivity index (χ0n) is 16.2. The normalized spacial score (nSPS) is 11.2. The average Bonchev–Trinajstić information content (AvgIpc) is 3.25. The minimum atomic E-state index is -0.679. The van der Waals surface area contributed by atoms with Gasteiger partial charge in [0.1, 0.15) is 11.5 Å². The lowest BCUT2D eigenvalue weighted by atomic mass is 10.1. The molecule has 0 aliphatic rings. The Labute approximate surface area is 178 Å². The van der Waals surface area contributed by atoms with E-state index < -0.39 is 12.1 Å². The predicted octanol–water partition coefficient (Wildman–Crippen LogP) is 4.46. The minimum absolute atomic E-state index is 0.0619. The fourth-order valence-corrected chi connectivity index (χ4v) is 3.62. The largest absolute Gasteiger partial charge is 0.457 e. The van der Waals surface area contributed by atoms with Gasteiger partial charge in [0, 0.05) is 10.6 Å². The lowest BCUT2D eigenvalue weighted by Crippen LogP contribution is -2.34.